The van der Waals surface area contributed by atoms with E-state index in [4.69, 9.17) is 9.47 Å². The SMILES string of the molecule is CC(=O)OC12C3C4C5C6C3C3(Br)C7C8C(C9C%10(Br)C(C4C91Br)C5C(OC(C)=O)(C8%10)C67Br)C32. The third kappa shape index (κ3) is 0.965. The van der Waals surface area contributed by atoms with Crippen molar-refractivity contribution in [1.29, 1.82) is 0 Å². The highest BCUT2D eigenvalue weighted by molar-refractivity contribution is 9.11. The van der Waals surface area contributed by atoms with Gasteiger partial charge in [0.05, 0.1) is 8.65 Å². The van der Waals surface area contributed by atoms with Gasteiger partial charge in [-0.1, -0.05) is 63.7 Å². The van der Waals surface area contributed by atoms with Gasteiger partial charge in [0.25, 0.3) is 0 Å². The lowest BCUT2D eigenvalue weighted by Crippen LogP contribution is -2.61. The zero-order chi connectivity index (χ0) is 21.7. The smallest absolute Gasteiger partial charge is 0.303 e. The third-order valence-electron chi connectivity index (χ3n) is 14.2. The highest BCUT2D eigenvalue weighted by Crippen LogP contribution is 3.09. The predicted octanol–water partition coefficient (Wildman–Crippen LogP) is 3.90. The maximum Gasteiger partial charge on any atom is 0.303 e. The van der Waals surface area contributed by atoms with Crippen LogP contribution in [0.3, 0.4) is 0 Å². The van der Waals surface area contributed by atoms with Crippen LogP contribution in [0.25, 0.3) is 0 Å². The van der Waals surface area contributed by atoms with Gasteiger partial charge in [0.15, 0.2) is 0 Å². The monoisotopic (exact) mass is 688 g/mol. The normalized spacial score (nSPS) is 85.6. The maximum absolute atomic E-state index is 12.7. The molecule has 20 atom stereocenters. The summed E-state index contributed by atoms with van der Waals surface area (Å²) in [5.74, 6) is 6.41. The summed E-state index contributed by atoms with van der Waals surface area (Å²) in [4.78, 5) is 25.5. The van der Waals surface area contributed by atoms with Crippen LogP contribution in [-0.4, -0.2) is 40.4 Å². The van der Waals surface area contributed by atoms with Crippen LogP contribution in [0.15, 0.2) is 0 Å². The molecule has 0 amide bonds. The Hall–Kier alpha value is 0.860. The Morgan fingerprint density at radius 1 is 0.562 bits per heavy atom. The van der Waals surface area contributed by atoms with Crippen LogP contribution >= 0.6 is 63.7 Å². The molecule has 0 aromatic rings. The largest absolute Gasteiger partial charge is 0.457 e. The van der Waals surface area contributed by atoms with Crippen molar-refractivity contribution < 1.29 is 19.1 Å². The van der Waals surface area contributed by atoms with Crippen molar-refractivity contribution in [3.8, 4) is 0 Å². The second-order valence-electron chi connectivity index (χ2n) is 13.3. The minimum atomic E-state index is -0.380. The molecule has 0 N–H and O–H groups in total. The fraction of sp³-hybridized carbons (Fsp3) is 0.917. The van der Waals surface area contributed by atoms with E-state index >= 15 is 0 Å². The van der Waals surface area contributed by atoms with Crippen LogP contribution in [0, 0.1) is 82.9 Å². The van der Waals surface area contributed by atoms with Crippen molar-refractivity contribution in [3.63, 3.8) is 0 Å². The summed E-state index contributed by atoms with van der Waals surface area (Å²) in [5.41, 5.74) is -0.761. The van der Waals surface area contributed by atoms with Gasteiger partial charge >= 0.3 is 11.9 Å². The van der Waals surface area contributed by atoms with Crippen LogP contribution in [-0.2, 0) is 19.1 Å². The molecule has 168 valence electrons. The summed E-state index contributed by atoms with van der Waals surface area (Å²) in [6, 6.07) is 0. The lowest BCUT2D eigenvalue weighted by molar-refractivity contribution is -0.175. The summed E-state index contributed by atoms with van der Waals surface area (Å²) in [5, 5.41) is 0. The summed E-state index contributed by atoms with van der Waals surface area (Å²) >= 11 is 18.0. The molecule has 32 heavy (non-hydrogen) atoms. The third-order valence-corrected chi connectivity index (χ3v) is 20.5. The Kier molecular flexibility index (Phi) is 2.28. The number of hydrogen-bond acceptors (Lipinski definition) is 4. The van der Waals surface area contributed by atoms with E-state index in [9.17, 15) is 9.59 Å². The molecule has 12 saturated carbocycles. The second kappa shape index (κ2) is 4.02. The highest BCUT2D eigenvalue weighted by atomic mass is 79.9. The van der Waals surface area contributed by atoms with Crippen molar-refractivity contribution in [2.45, 2.75) is 42.3 Å². The average molecular weight is 692 g/mol. The molecule has 8 heteroatoms. The van der Waals surface area contributed by atoms with Gasteiger partial charge in [-0.15, -0.1) is 0 Å². The van der Waals surface area contributed by atoms with Crippen LogP contribution in [0.2, 0.25) is 0 Å². The fourth-order valence-corrected chi connectivity index (χ4v) is 24.0. The first-order valence-electron chi connectivity index (χ1n) is 12.2. The Bertz CT molecular complexity index is 1130. The molecule has 12 rings (SSSR count). The van der Waals surface area contributed by atoms with Gasteiger partial charge in [-0.05, 0) is 59.2 Å². The van der Waals surface area contributed by atoms with Crippen molar-refractivity contribution in [3.05, 3.63) is 0 Å². The van der Waals surface area contributed by atoms with Crippen molar-refractivity contribution in [2.24, 2.45) is 82.9 Å². The average Bonchev–Trinajstić information content (AvgIpc) is 3.48. The summed E-state index contributed by atoms with van der Waals surface area (Å²) in [6.45, 7) is 3.25. The molecule has 0 aliphatic heterocycles. The lowest BCUT2D eigenvalue weighted by Gasteiger charge is -2.49. The van der Waals surface area contributed by atoms with Crippen molar-refractivity contribution in [2.75, 3.05) is 0 Å². The Balaban J connectivity index is 1.36. The van der Waals surface area contributed by atoms with Gasteiger partial charge in [0.1, 0.15) is 11.2 Å². The number of carbonyl (C=O) groups is 2. The second-order valence-corrected chi connectivity index (χ2v) is 18.7. The van der Waals surface area contributed by atoms with Crippen molar-refractivity contribution in [1.82, 2.24) is 0 Å². The van der Waals surface area contributed by atoms with E-state index in [0.717, 1.165) is 0 Å². The molecule has 20 unspecified atom stereocenters. The molecular formula is C24H20Br4O4. The van der Waals surface area contributed by atoms with E-state index in [1.54, 1.807) is 13.8 Å². The van der Waals surface area contributed by atoms with E-state index in [0.29, 0.717) is 82.9 Å². The van der Waals surface area contributed by atoms with Crippen molar-refractivity contribution >= 4 is 75.7 Å². The molecule has 12 fully saturated rings. The molecule has 12 aliphatic carbocycles. The summed E-state index contributed by atoms with van der Waals surface area (Å²) in [7, 11) is 0. The quantitative estimate of drug-likeness (QED) is 0.326. The number of hydrogen-bond donors (Lipinski definition) is 0. The Morgan fingerprint density at radius 3 is 1.28 bits per heavy atom. The summed E-state index contributed by atoms with van der Waals surface area (Å²) < 4.78 is 13.1. The molecule has 0 bridgehead atoms. The van der Waals surface area contributed by atoms with E-state index in [1.165, 1.54) is 0 Å². The molecular weight excluding hydrogens is 672 g/mol. The van der Waals surface area contributed by atoms with E-state index < -0.39 is 0 Å². The molecule has 12 aliphatic rings. The highest BCUT2D eigenvalue weighted by Gasteiger charge is 3.15. The number of ether oxygens (including phenoxy) is 2. The molecule has 0 aromatic heterocycles. The minimum absolute atomic E-state index is 0.0218. The first-order chi connectivity index (χ1) is 15.0. The number of rotatable bonds is 2. The molecule has 0 spiro atoms. The zero-order valence-corrected chi connectivity index (χ0v) is 23.6. The van der Waals surface area contributed by atoms with Crippen LogP contribution < -0.4 is 0 Å². The van der Waals surface area contributed by atoms with Gasteiger partial charge in [-0.25, -0.2) is 0 Å². The summed E-state index contributed by atoms with van der Waals surface area (Å²) in [6.07, 6.45) is 0. The van der Waals surface area contributed by atoms with E-state index in [2.05, 4.69) is 63.7 Å². The number of esters is 2. The van der Waals surface area contributed by atoms with Crippen LogP contribution in [0.5, 0.6) is 0 Å². The van der Waals surface area contributed by atoms with E-state index in [-0.39, 0.29) is 40.4 Å². The number of halogens is 4. The van der Waals surface area contributed by atoms with Gasteiger partial charge in [-0.3, -0.25) is 9.59 Å². The Labute approximate surface area is 218 Å². The lowest BCUT2D eigenvalue weighted by atomic mass is 9.72. The van der Waals surface area contributed by atoms with E-state index in [1.807, 2.05) is 0 Å². The molecule has 4 nitrogen and oxygen atoms in total. The van der Waals surface area contributed by atoms with Crippen LogP contribution in [0.1, 0.15) is 13.8 Å². The predicted molar refractivity (Wildman–Crippen MR) is 124 cm³/mol. The first kappa shape index (κ1) is 18.2. The van der Waals surface area contributed by atoms with Gasteiger partial charge in [0, 0.05) is 46.2 Å². The van der Waals surface area contributed by atoms with Crippen LogP contribution in [0.4, 0.5) is 0 Å². The zero-order valence-electron chi connectivity index (χ0n) is 17.2. The van der Waals surface area contributed by atoms with Gasteiger partial charge < -0.3 is 9.47 Å². The topological polar surface area (TPSA) is 52.6 Å². The standard InChI is InChI=1S/C24H20Br4O4/c1-3(29)31-23-11-5-6-10-13(11)19(25)16-8-7(17(19)23)15-20(26)14(9(5)21(15,23)27)12(6)24(18(8)20,22(10,16)28)32-4(2)30/h5-18H,1-2H3. The number of carbonyl (C=O) groups excluding carboxylic acids is 2. The number of alkyl halides is 4. The van der Waals surface area contributed by atoms with Gasteiger partial charge in [-0.2, -0.15) is 0 Å². The molecule has 0 radical (unpaired) electrons. The Morgan fingerprint density at radius 2 is 0.938 bits per heavy atom. The molecule has 0 saturated heterocycles. The van der Waals surface area contributed by atoms with Gasteiger partial charge in [0.2, 0.25) is 0 Å². The fourth-order valence-electron chi connectivity index (χ4n) is 15.9. The minimum Gasteiger partial charge on any atom is -0.457 e. The molecule has 0 heterocycles. The first-order valence-corrected chi connectivity index (χ1v) is 15.4. The molecule has 0 aromatic carbocycles. The maximum atomic E-state index is 12.7.